The number of anilines is 1. The van der Waals surface area contributed by atoms with Crippen molar-refractivity contribution in [1.82, 2.24) is 14.9 Å². The van der Waals surface area contributed by atoms with Gasteiger partial charge in [-0.25, -0.2) is 9.97 Å². The second-order valence-electron chi connectivity index (χ2n) is 3.54. The summed E-state index contributed by atoms with van der Waals surface area (Å²) in [4.78, 5) is 32.1. The monoisotopic (exact) mass is 220 g/mol. The standard InChI is InChI=1S/C10H12N4O2/c15-8(7-14-6-1-3-9(14)16)13-10-11-4-2-5-12-10/h2,4-5H,1,3,6-7H2,(H,11,12,13,15). The van der Waals surface area contributed by atoms with E-state index in [0.29, 0.717) is 13.0 Å². The molecule has 0 bridgehead atoms. The maximum Gasteiger partial charge on any atom is 0.246 e. The SMILES string of the molecule is O=C(CN1CCCC1=O)Nc1ncccn1. The molecule has 84 valence electrons. The van der Waals surface area contributed by atoms with Crippen molar-refractivity contribution in [3.05, 3.63) is 18.5 Å². The van der Waals surface area contributed by atoms with Gasteiger partial charge in [-0.05, 0) is 12.5 Å². The van der Waals surface area contributed by atoms with Crippen molar-refractivity contribution in [3.8, 4) is 0 Å². The lowest BCUT2D eigenvalue weighted by atomic mass is 10.4. The second-order valence-corrected chi connectivity index (χ2v) is 3.54. The molecule has 0 aliphatic carbocycles. The highest BCUT2D eigenvalue weighted by atomic mass is 16.2. The van der Waals surface area contributed by atoms with E-state index in [1.807, 2.05) is 0 Å². The Bertz CT molecular complexity index is 393. The maximum atomic E-state index is 11.5. The molecule has 2 heterocycles. The third-order valence-electron chi connectivity index (χ3n) is 2.32. The van der Waals surface area contributed by atoms with Gasteiger partial charge in [0.25, 0.3) is 0 Å². The van der Waals surface area contributed by atoms with Crippen molar-refractivity contribution < 1.29 is 9.59 Å². The van der Waals surface area contributed by atoms with Crippen LogP contribution in [0.5, 0.6) is 0 Å². The maximum absolute atomic E-state index is 11.5. The number of carbonyl (C=O) groups is 2. The average Bonchev–Trinajstić information content (AvgIpc) is 2.66. The third-order valence-corrected chi connectivity index (χ3v) is 2.32. The average molecular weight is 220 g/mol. The van der Waals surface area contributed by atoms with Crippen molar-refractivity contribution in [2.24, 2.45) is 0 Å². The van der Waals surface area contributed by atoms with E-state index in [1.165, 1.54) is 4.90 Å². The predicted octanol–water partition coefficient (Wildman–Crippen LogP) is 0.0375. The Balaban J connectivity index is 1.87. The molecule has 0 aromatic carbocycles. The smallest absolute Gasteiger partial charge is 0.246 e. The fourth-order valence-electron chi connectivity index (χ4n) is 1.57. The lowest BCUT2D eigenvalue weighted by molar-refractivity contribution is -0.131. The number of nitrogens with zero attached hydrogens (tertiary/aromatic N) is 3. The van der Waals surface area contributed by atoms with Crippen LogP contribution in [0, 0.1) is 0 Å². The van der Waals surface area contributed by atoms with Crippen LogP contribution in [0.3, 0.4) is 0 Å². The van der Waals surface area contributed by atoms with Crippen LogP contribution in [-0.4, -0.2) is 39.8 Å². The first-order valence-electron chi connectivity index (χ1n) is 5.10. The van der Waals surface area contributed by atoms with Crippen molar-refractivity contribution in [2.75, 3.05) is 18.4 Å². The first-order valence-corrected chi connectivity index (χ1v) is 5.10. The third kappa shape index (κ3) is 2.53. The molecule has 1 saturated heterocycles. The van der Waals surface area contributed by atoms with Crippen LogP contribution in [0.1, 0.15) is 12.8 Å². The summed E-state index contributed by atoms with van der Waals surface area (Å²) in [6.07, 6.45) is 4.45. The highest BCUT2D eigenvalue weighted by molar-refractivity contribution is 5.93. The van der Waals surface area contributed by atoms with Gasteiger partial charge in [-0.3, -0.25) is 14.9 Å². The molecule has 1 aromatic heterocycles. The Labute approximate surface area is 92.7 Å². The van der Waals surface area contributed by atoms with E-state index >= 15 is 0 Å². The Kier molecular flexibility index (Phi) is 3.09. The molecular formula is C10H12N4O2. The van der Waals surface area contributed by atoms with Crippen molar-refractivity contribution in [2.45, 2.75) is 12.8 Å². The van der Waals surface area contributed by atoms with Crippen LogP contribution in [-0.2, 0) is 9.59 Å². The Morgan fingerprint density at radius 2 is 2.19 bits per heavy atom. The van der Waals surface area contributed by atoms with Crippen LogP contribution in [0.25, 0.3) is 0 Å². The Morgan fingerprint density at radius 1 is 1.44 bits per heavy atom. The normalized spacial score (nSPS) is 15.2. The zero-order valence-corrected chi connectivity index (χ0v) is 8.72. The molecule has 6 nitrogen and oxygen atoms in total. The summed E-state index contributed by atoms with van der Waals surface area (Å²) >= 11 is 0. The molecule has 0 unspecified atom stereocenters. The summed E-state index contributed by atoms with van der Waals surface area (Å²) in [7, 11) is 0. The van der Waals surface area contributed by atoms with Gasteiger partial charge >= 0.3 is 0 Å². The Morgan fingerprint density at radius 3 is 2.81 bits per heavy atom. The summed E-state index contributed by atoms with van der Waals surface area (Å²) in [6.45, 7) is 0.735. The van der Waals surface area contributed by atoms with Crippen molar-refractivity contribution in [1.29, 1.82) is 0 Å². The molecule has 0 radical (unpaired) electrons. The highest BCUT2D eigenvalue weighted by Crippen LogP contribution is 2.08. The van der Waals surface area contributed by atoms with Gasteiger partial charge in [-0.1, -0.05) is 0 Å². The summed E-state index contributed by atoms with van der Waals surface area (Å²) < 4.78 is 0. The molecule has 1 N–H and O–H groups in total. The van der Waals surface area contributed by atoms with Gasteiger partial charge in [0.2, 0.25) is 17.8 Å². The number of nitrogens with one attached hydrogen (secondary N) is 1. The highest BCUT2D eigenvalue weighted by Gasteiger charge is 2.22. The van der Waals surface area contributed by atoms with Crippen molar-refractivity contribution in [3.63, 3.8) is 0 Å². The Hall–Kier alpha value is -1.98. The van der Waals surface area contributed by atoms with Crippen molar-refractivity contribution >= 4 is 17.8 Å². The predicted molar refractivity (Wildman–Crippen MR) is 56.5 cm³/mol. The number of carbonyl (C=O) groups excluding carboxylic acids is 2. The fraction of sp³-hybridized carbons (Fsp3) is 0.400. The molecule has 6 heteroatoms. The van der Waals surface area contributed by atoms with E-state index in [2.05, 4.69) is 15.3 Å². The van der Waals surface area contributed by atoms with E-state index in [0.717, 1.165) is 6.42 Å². The van der Waals surface area contributed by atoms with Crippen LogP contribution < -0.4 is 5.32 Å². The molecule has 0 atom stereocenters. The lowest BCUT2D eigenvalue weighted by Crippen LogP contribution is -2.34. The van der Waals surface area contributed by atoms with E-state index in [1.54, 1.807) is 18.5 Å². The summed E-state index contributed by atoms with van der Waals surface area (Å²) in [5, 5.41) is 2.53. The summed E-state index contributed by atoms with van der Waals surface area (Å²) in [6, 6.07) is 1.67. The quantitative estimate of drug-likeness (QED) is 0.780. The van der Waals surface area contributed by atoms with Gasteiger partial charge in [-0.15, -0.1) is 0 Å². The van der Waals surface area contributed by atoms with Crippen LogP contribution in [0.15, 0.2) is 18.5 Å². The number of aromatic nitrogens is 2. The minimum absolute atomic E-state index is 0.0316. The van der Waals surface area contributed by atoms with E-state index in [9.17, 15) is 9.59 Å². The van der Waals surface area contributed by atoms with Crippen LogP contribution >= 0.6 is 0 Å². The van der Waals surface area contributed by atoms with Gasteiger partial charge in [0, 0.05) is 25.4 Å². The molecule has 2 rings (SSSR count). The topological polar surface area (TPSA) is 75.2 Å². The molecular weight excluding hydrogens is 208 g/mol. The molecule has 1 aliphatic heterocycles. The van der Waals surface area contributed by atoms with Crippen LogP contribution in [0.4, 0.5) is 5.95 Å². The fourth-order valence-corrected chi connectivity index (χ4v) is 1.57. The molecule has 2 amide bonds. The van der Waals surface area contributed by atoms with Gasteiger partial charge in [0.1, 0.15) is 0 Å². The summed E-state index contributed by atoms with van der Waals surface area (Å²) in [5.41, 5.74) is 0. The zero-order valence-electron chi connectivity index (χ0n) is 8.72. The van der Waals surface area contributed by atoms with E-state index in [-0.39, 0.29) is 24.3 Å². The molecule has 1 aliphatic rings. The molecule has 0 spiro atoms. The van der Waals surface area contributed by atoms with Gasteiger partial charge in [0.05, 0.1) is 6.54 Å². The molecule has 16 heavy (non-hydrogen) atoms. The molecule has 1 aromatic rings. The second kappa shape index (κ2) is 4.69. The summed E-state index contributed by atoms with van der Waals surface area (Å²) in [5.74, 6) is 0.0322. The number of rotatable bonds is 3. The number of amides is 2. The van der Waals surface area contributed by atoms with Gasteiger partial charge < -0.3 is 4.90 Å². The van der Waals surface area contributed by atoms with Crippen LogP contribution in [0.2, 0.25) is 0 Å². The van der Waals surface area contributed by atoms with E-state index in [4.69, 9.17) is 0 Å². The number of likely N-dealkylation sites (tertiary alicyclic amines) is 1. The van der Waals surface area contributed by atoms with E-state index < -0.39 is 0 Å². The van der Waals surface area contributed by atoms with Gasteiger partial charge in [-0.2, -0.15) is 0 Å². The number of hydrogen-bond acceptors (Lipinski definition) is 4. The zero-order chi connectivity index (χ0) is 11.4. The molecule has 0 saturated carbocycles. The first-order chi connectivity index (χ1) is 7.75. The minimum Gasteiger partial charge on any atom is -0.333 e. The first kappa shape index (κ1) is 10.5. The number of hydrogen-bond donors (Lipinski definition) is 1. The molecule has 1 fully saturated rings. The minimum atomic E-state index is -0.263. The van der Waals surface area contributed by atoms with Gasteiger partial charge in [0.15, 0.2) is 0 Å². The largest absolute Gasteiger partial charge is 0.333 e. The lowest BCUT2D eigenvalue weighted by Gasteiger charge is -2.14.